The first-order chi connectivity index (χ1) is 15.5. The van der Waals surface area contributed by atoms with Gasteiger partial charge in [0.25, 0.3) is 11.5 Å². The van der Waals surface area contributed by atoms with Crippen LogP contribution in [0.3, 0.4) is 0 Å². The number of nitrogens with zero attached hydrogens (tertiary/aromatic N) is 2. The summed E-state index contributed by atoms with van der Waals surface area (Å²) in [6, 6.07) is 17.0. The number of primary amides is 1. The van der Waals surface area contributed by atoms with E-state index in [1.54, 1.807) is 18.2 Å². The first kappa shape index (κ1) is 21.4. The Hall–Kier alpha value is -3.87. The van der Waals surface area contributed by atoms with Gasteiger partial charge in [0, 0.05) is 19.3 Å². The van der Waals surface area contributed by atoms with Crippen molar-refractivity contribution in [2.45, 2.75) is 25.9 Å². The highest BCUT2D eigenvalue weighted by atomic mass is 16.5. The van der Waals surface area contributed by atoms with Gasteiger partial charge in [0.1, 0.15) is 11.3 Å². The summed E-state index contributed by atoms with van der Waals surface area (Å²) in [4.78, 5) is 39.8. The van der Waals surface area contributed by atoms with Gasteiger partial charge in [-0.1, -0.05) is 42.5 Å². The van der Waals surface area contributed by atoms with Crippen LogP contribution in [0.25, 0.3) is 0 Å². The van der Waals surface area contributed by atoms with E-state index >= 15 is 0 Å². The zero-order chi connectivity index (χ0) is 22.7. The molecular weight excluding hydrogens is 406 g/mol. The molecule has 1 aliphatic rings. The highest BCUT2D eigenvalue weighted by Gasteiger charge is 2.27. The minimum Gasteiger partial charge on any atom is -0.497 e. The smallest absolute Gasteiger partial charge is 0.264 e. The average Bonchev–Trinajstić information content (AvgIpc) is 2.80. The van der Waals surface area contributed by atoms with Crippen molar-refractivity contribution in [3.05, 3.63) is 99.0 Å². The van der Waals surface area contributed by atoms with Crippen LogP contribution in [-0.2, 0) is 30.7 Å². The molecule has 1 aromatic heterocycles. The highest BCUT2D eigenvalue weighted by Crippen LogP contribution is 2.22. The molecule has 32 heavy (non-hydrogen) atoms. The molecule has 0 radical (unpaired) electrons. The maximum Gasteiger partial charge on any atom is 0.264 e. The molecule has 7 nitrogen and oxygen atoms in total. The van der Waals surface area contributed by atoms with E-state index in [0.717, 1.165) is 16.7 Å². The molecule has 2 N–H and O–H groups in total. The minimum absolute atomic E-state index is 0.0228. The van der Waals surface area contributed by atoms with Gasteiger partial charge in [-0.2, -0.15) is 0 Å². The van der Waals surface area contributed by atoms with Crippen molar-refractivity contribution >= 4 is 11.8 Å². The van der Waals surface area contributed by atoms with Crippen LogP contribution in [0, 0.1) is 0 Å². The van der Waals surface area contributed by atoms with Gasteiger partial charge in [-0.3, -0.25) is 14.4 Å². The number of amides is 2. The molecular formula is C25H25N3O4. The number of carbonyl (C=O) groups excluding carboxylic acids is 2. The number of pyridine rings is 1. The van der Waals surface area contributed by atoms with Crippen LogP contribution in [0.4, 0.5) is 0 Å². The quantitative estimate of drug-likeness (QED) is 0.647. The fourth-order valence-corrected chi connectivity index (χ4v) is 4.14. The van der Waals surface area contributed by atoms with Crippen molar-refractivity contribution < 1.29 is 14.3 Å². The third-order valence-corrected chi connectivity index (χ3v) is 5.75. The van der Waals surface area contributed by atoms with Gasteiger partial charge in [-0.05, 0) is 40.8 Å². The van der Waals surface area contributed by atoms with Gasteiger partial charge in [0.2, 0.25) is 5.91 Å². The third-order valence-electron chi connectivity index (χ3n) is 5.75. The summed E-state index contributed by atoms with van der Waals surface area (Å²) in [6.45, 7) is 1.08. The number of aromatic nitrogens is 1. The molecule has 2 aromatic carbocycles. The summed E-state index contributed by atoms with van der Waals surface area (Å²) in [7, 11) is 1.59. The van der Waals surface area contributed by atoms with E-state index < -0.39 is 11.5 Å². The number of benzene rings is 2. The minimum atomic E-state index is -0.732. The van der Waals surface area contributed by atoms with Crippen molar-refractivity contribution in [3.63, 3.8) is 0 Å². The maximum atomic E-state index is 13.0. The summed E-state index contributed by atoms with van der Waals surface area (Å²) >= 11 is 0. The van der Waals surface area contributed by atoms with E-state index in [2.05, 4.69) is 0 Å². The highest BCUT2D eigenvalue weighted by molar-refractivity contribution is 5.94. The Morgan fingerprint density at radius 3 is 2.53 bits per heavy atom. The molecule has 4 rings (SSSR count). The Labute approximate surface area is 186 Å². The third kappa shape index (κ3) is 4.42. The molecule has 7 heteroatoms. The monoisotopic (exact) mass is 431 g/mol. The molecule has 0 saturated heterocycles. The number of hydrogen-bond acceptors (Lipinski definition) is 4. The molecule has 0 unspecified atom stereocenters. The number of nitrogens with two attached hydrogens (primary N) is 1. The number of hydrogen-bond donors (Lipinski definition) is 1. The summed E-state index contributed by atoms with van der Waals surface area (Å²) in [5.74, 6) is -0.0505. The summed E-state index contributed by atoms with van der Waals surface area (Å²) in [5.41, 5.74) is 8.45. The molecule has 164 valence electrons. The van der Waals surface area contributed by atoms with Gasteiger partial charge in [-0.15, -0.1) is 0 Å². The van der Waals surface area contributed by atoms with Gasteiger partial charge in [0.05, 0.1) is 20.1 Å². The molecule has 0 spiro atoms. The molecule has 0 saturated carbocycles. The number of ether oxygens (including phenoxy) is 1. The zero-order valence-electron chi connectivity index (χ0n) is 17.9. The molecule has 0 aliphatic carbocycles. The van der Waals surface area contributed by atoms with Crippen molar-refractivity contribution in [1.82, 2.24) is 9.47 Å². The first-order valence-corrected chi connectivity index (χ1v) is 10.5. The lowest BCUT2D eigenvalue weighted by Crippen LogP contribution is -2.41. The van der Waals surface area contributed by atoms with Crippen LogP contribution in [0.2, 0.25) is 0 Å². The van der Waals surface area contributed by atoms with Crippen LogP contribution in [0.1, 0.15) is 32.6 Å². The Morgan fingerprint density at radius 1 is 1.06 bits per heavy atom. The van der Waals surface area contributed by atoms with E-state index in [-0.39, 0.29) is 17.9 Å². The molecule has 2 heterocycles. The lowest BCUT2D eigenvalue weighted by molar-refractivity contribution is -0.131. The Morgan fingerprint density at radius 2 is 1.81 bits per heavy atom. The van der Waals surface area contributed by atoms with Crippen molar-refractivity contribution in [2.75, 3.05) is 13.7 Å². The van der Waals surface area contributed by atoms with Crippen LogP contribution in [0.5, 0.6) is 5.75 Å². The molecule has 0 atom stereocenters. The van der Waals surface area contributed by atoms with E-state index in [1.807, 2.05) is 54.6 Å². The van der Waals surface area contributed by atoms with E-state index in [4.69, 9.17) is 10.5 Å². The zero-order valence-corrected chi connectivity index (χ0v) is 17.9. The summed E-state index contributed by atoms with van der Waals surface area (Å²) in [6.07, 6.45) is 2.42. The molecule has 3 aromatic rings. The Balaban J connectivity index is 1.62. The van der Waals surface area contributed by atoms with Gasteiger partial charge in [0.15, 0.2) is 0 Å². The number of methoxy groups -OCH3 is 1. The molecule has 2 amide bonds. The van der Waals surface area contributed by atoms with Crippen LogP contribution in [0.15, 0.2) is 65.6 Å². The van der Waals surface area contributed by atoms with Gasteiger partial charge < -0.3 is 19.9 Å². The van der Waals surface area contributed by atoms with Crippen LogP contribution in [-0.4, -0.2) is 34.9 Å². The van der Waals surface area contributed by atoms with Crippen LogP contribution >= 0.6 is 0 Å². The fourth-order valence-electron chi connectivity index (χ4n) is 4.14. The van der Waals surface area contributed by atoms with Gasteiger partial charge >= 0.3 is 0 Å². The van der Waals surface area contributed by atoms with E-state index in [0.29, 0.717) is 37.4 Å². The average molecular weight is 431 g/mol. The van der Waals surface area contributed by atoms with E-state index in [1.165, 1.54) is 4.57 Å². The second kappa shape index (κ2) is 9.09. The lowest BCUT2D eigenvalue weighted by atomic mass is 9.95. The summed E-state index contributed by atoms with van der Waals surface area (Å²) in [5, 5.41) is 0. The predicted octanol–water partition coefficient (Wildman–Crippen LogP) is 2.13. The standard InChI is InChI=1S/C25H25N3O4/c1-32-20-9-5-8-18(12-20)13-22(29)27-11-10-21-19(15-27)16-28(25(31)23(21)24(26)30)14-17-6-3-2-4-7-17/h2-9,12,16H,10-11,13-15H2,1H3,(H2,26,30). The number of carbonyl (C=O) groups is 2. The largest absolute Gasteiger partial charge is 0.497 e. The SMILES string of the molecule is COc1cccc(CC(=O)N2CCc3c(cn(Cc4ccccc4)c(=O)c3C(N)=O)C2)c1. The predicted molar refractivity (Wildman–Crippen MR) is 121 cm³/mol. The Kier molecular flexibility index (Phi) is 6.07. The second-order valence-electron chi connectivity index (χ2n) is 7.88. The van der Waals surface area contributed by atoms with Crippen LogP contribution < -0.4 is 16.0 Å². The molecule has 1 aliphatic heterocycles. The maximum absolute atomic E-state index is 13.0. The molecule has 0 fully saturated rings. The topological polar surface area (TPSA) is 94.6 Å². The van der Waals surface area contributed by atoms with Crippen molar-refractivity contribution in [1.29, 1.82) is 0 Å². The van der Waals surface area contributed by atoms with Crippen molar-refractivity contribution in [3.8, 4) is 5.75 Å². The normalized spacial score (nSPS) is 12.8. The van der Waals surface area contributed by atoms with E-state index in [9.17, 15) is 14.4 Å². The summed E-state index contributed by atoms with van der Waals surface area (Å²) < 4.78 is 6.74. The van der Waals surface area contributed by atoms with Crippen molar-refractivity contribution in [2.24, 2.45) is 5.73 Å². The molecule has 0 bridgehead atoms. The van der Waals surface area contributed by atoms with Gasteiger partial charge in [-0.25, -0.2) is 0 Å². The Bertz CT molecular complexity index is 1220. The fraction of sp³-hybridized carbons (Fsp3) is 0.240. The number of rotatable bonds is 6. The first-order valence-electron chi connectivity index (χ1n) is 10.5. The lowest BCUT2D eigenvalue weighted by Gasteiger charge is -2.30. The number of fused-ring (bicyclic) bond motifs is 1. The second-order valence-corrected chi connectivity index (χ2v) is 7.88.